The van der Waals surface area contributed by atoms with E-state index in [1.54, 1.807) is 11.3 Å². The Morgan fingerprint density at radius 1 is 1.47 bits per heavy atom. The van der Waals surface area contributed by atoms with E-state index in [0.29, 0.717) is 18.2 Å². The number of ether oxygens (including phenoxy) is 1. The quantitative estimate of drug-likeness (QED) is 0.859. The summed E-state index contributed by atoms with van der Waals surface area (Å²) >= 11 is 1.62. The van der Waals surface area contributed by atoms with Gasteiger partial charge in [-0.1, -0.05) is 0 Å². The van der Waals surface area contributed by atoms with Crippen molar-refractivity contribution < 1.29 is 9.53 Å². The summed E-state index contributed by atoms with van der Waals surface area (Å²) in [6.45, 7) is 4.43. The van der Waals surface area contributed by atoms with Crippen LogP contribution in [0, 0.1) is 13.8 Å². The first-order valence-corrected chi connectivity index (χ1v) is 6.72. The van der Waals surface area contributed by atoms with Crippen LogP contribution >= 0.6 is 11.3 Å². The molecule has 0 atom stereocenters. The normalized spacial score (nSPS) is 10.7. The van der Waals surface area contributed by atoms with Gasteiger partial charge in [0, 0.05) is 24.0 Å². The molecule has 0 aliphatic heterocycles. The molecule has 0 aliphatic rings. The van der Waals surface area contributed by atoms with Gasteiger partial charge in [0.05, 0.1) is 12.1 Å². The number of methoxy groups -OCH3 is 1. The summed E-state index contributed by atoms with van der Waals surface area (Å²) in [5.41, 5.74) is 7.13. The fourth-order valence-electron chi connectivity index (χ4n) is 1.84. The summed E-state index contributed by atoms with van der Waals surface area (Å²) in [4.78, 5) is 20.0. The monoisotopic (exact) mass is 280 g/mol. The maximum absolute atomic E-state index is 11.5. The Hall–Kier alpha value is -1.89. The number of carbonyl (C=O) groups is 1. The molecular formula is C12H16N4O2S. The number of imidazole rings is 1. The number of aryl methyl sites for hydroxylation is 3. The van der Waals surface area contributed by atoms with Gasteiger partial charge in [-0.3, -0.25) is 0 Å². The van der Waals surface area contributed by atoms with E-state index in [0.717, 1.165) is 17.1 Å². The predicted molar refractivity (Wildman–Crippen MR) is 73.3 cm³/mol. The van der Waals surface area contributed by atoms with E-state index in [2.05, 4.69) is 14.7 Å². The van der Waals surface area contributed by atoms with Gasteiger partial charge >= 0.3 is 5.97 Å². The predicted octanol–water partition coefficient (Wildman–Crippen LogP) is 1.57. The molecule has 2 heterocycles. The summed E-state index contributed by atoms with van der Waals surface area (Å²) in [6.07, 6.45) is 0.764. The van der Waals surface area contributed by atoms with Crippen LogP contribution in [-0.4, -0.2) is 27.6 Å². The van der Waals surface area contributed by atoms with Crippen LogP contribution in [0.3, 0.4) is 0 Å². The lowest BCUT2D eigenvalue weighted by atomic mass is 10.4. The van der Waals surface area contributed by atoms with Crippen LogP contribution in [0.5, 0.6) is 0 Å². The Kier molecular flexibility index (Phi) is 3.84. The van der Waals surface area contributed by atoms with Gasteiger partial charge in [-0.15, -0.1) is 11.3 Å². The van der Waals surface area contributed by atoms with Crippen molar-refractivity contribution in [1.29, 1.82) is 0 Å². The molecule has 0 saturated carbocycles. The van der Waals surface area contributed by atoms with Crippen LogP contribution in [-0.2, 0) is 17.7 Å². The molecule has 2 aromatic rings. The number of aromatic nitrogens is 3. The minimum absolute atomic E-state index is 0.176. The first-order valence-electron chi connectivity index (χ1n) is 5.85. The average Bonchev–Trinajstić information content (AvgIpc) is 2.91. The van der Waals surface area contributed by atoms with Gasteiger partial charge < -0.3 is 15.0 Å². The summed E-state index contributed by atoms with van der Waals surface area (Å²) in [7, 11) is 1.31. The minimum Gasteiger partial charge on any atom is -0.464 e. The first-order chi connectivity index (χ1) is 9.02. The highest BCUT2D eigenvalue weighted by Crippen LogP contribution is 2.17. The van der Waals surface area contributed by atoms with Gasteiger partial charge in [-0.2, -0.15) is 0 Å². The molecular weight excluding hydrogens is 264 g/mol. The second-order valence-electron chi connectivity index (χ2n) is 4.17. The number of nitrogens with two attached hydrogens (primary N) is 1. The number of thiazole rings is 1. The lowest BCUT2D eigenvalue weighted by molar-refractivity contribution is 0.0595. The Morgan fingerprint density at radius 3 is 2.79 bits per heavy atom. The molecule has 0 radical (unpaired) electrons. The van der Waals surface area contributed by atoms with E-state index < -0.39 is 5.97 Å². The van der Waals surface area contributed by atoms with E-state index in [1.165, 1.54) is 7.11 Å². The SMILES string of the molecule is COC(=O)c1nc(C)n(CCc2nc(C)cs2)c1N. The number of rotatable bonds is 4. The minimum atomic E-state index is -0.510. The number of hydrogen-bond donors (Lipinski definition) is 1. The third kappa shape index (κ3) is 2.76. The van der Waals surface area contributed by atoms with Crippen LogP contribution in [0.2, 0.25) is 0 Å². The van der Waals surface area contributed by atoms with Gasteiger partial charge in [0.15, 0.2) is 5.69 Å². The molecule has 0 amide bonds. The summed E-state index contributed by atoms with van der Waals surface area (Å²) < 4.78 is 6.45. The molecule has 0 bridgehead atoms. The topological polar surface area (TPSA) is 83.0 Å². The molecule has 19 heavy (non-hydrogen) atoms. The van der Waals surface area contributed by atoms with Gasteiger partial charge in [-0.25, -0.2) is 14.8 Å². The highest BCUT2D eigenvalue weighted by Gasteiger charge is 2.19. The molecule has 0 saturated heterocycles. The molecule has 0 aliphatic carbocycles. The molecule has 0 aromatic carbocycles. The molecule has 0 spiro atoms. The zero-order valence-electron chi connectivity index (χ0n) is 11.1. The van der Waals surface area contributed by atoms with Crippen LogP contribution in [0.25, 0.3) is 0 Å². The van der Waals surface area contributed by atoms with Crippen LogP contribution in [0.1, 0.15) is 27.0 Å². The smallest absolute Gasteiger partial charge is 0.360 e. The summed E-state index contributed by atoms with van der Waals surface area (Å²) in [5, 5.41) is 3.06. The van der Waals surface area contributed by atoms with E-state index >= 15 is 0 Å². The van der Waals surface area contributed by atoms with Crippen molar-refractivity contribution in [1.82, 2.24) is 14.5 Å². The molecule has 0 unspecified atom stereocenters. The fourth-order valence-corrected chi connectivity index (χ4v) is 2.60. The molecule has 0 fully saturated rings. The van der Waals surface area contributed by atoms with Crippen molar-refractivity contribution in [3.63, 3.8) is 0 Å². The van der Waals surface area contributed by atoms with Crippen molar-refractivity contribution in [2.45, 2.75) is 26.8 Å². The zero-order valence-corrected chi connectivity index (χ0v) is 12.0. The number of esters is 1. The van der Waals surface area contributed by atoms with Crippen molar-refractivity contribution in [2.24, 2.45) is 0 Å². The molecule has 7 heteroatoms. The van der Waals surface area contributed by atoms with Gasteiger partial charge in [0.25, 0.3) is 0 Å². The van der Waals surface area contributed by atoms with Gasteiger partial charge in [-0.05, 0) is 13.8 Å². The zero-order chi connectivity index (χ0) is 14.0. The van der Waals surface area contributed by atoms with Crippen molar-refractivity contribution in [3.05, 3.63) is 27.6 Å². The number of nitrogen functional groups attached to an aromatic ring is 1. The Balaban J connectivity index is 2.16. The Bertz CT molecular complexity index is 603. The van der Waals surface area contributed by atoms with Crippen molar-refractivity contribution in [3.8, 4) is 0 Å². The van der Waals surface area contributed by atoms with E-state index in [4.69, 9.17) is 5.73 Å². The molecule has 2 aromatic heterocycles. The third-order valence-corrected chi connectivity index (χ3v) is 3.82. The first kappa shape index (κ1) is 13.5. The number of hydrogen-bond acceptors (Lipinski definition) is 6. The largest absolute Gasteiger partial charge is 0.464 e. The standard InChI is InChI=1S/C12H16N4O2S/c1-7-6-19-9(14-7)4-5-16-8(2)15-10(11(16)13)12(17)18-3/h6H,4-5,13H2,1-3H3. The van der Waals surface area contributed by atoms with Crippen molar-refractivity contribution in [2.75, 3.05) is 12.8 Å². The number of carbonyl (C=O) groups excluding carboxylic acids is 1. The molecule has 102 valence electrons. The van der Waals surface area contributed by atoms with Gasteiger partial charge in [0.1, 0.15) is 11.6 Å². The highest BCUT2D eigenvalue weighted by molar-refractivity contribution is 7.09. The summed E-state index contributed by atoms with van der Waals surface area (Å²) in [5.74, 6) is 0.535. The van der Waals surface area contributed by atoms with Crippen molar-refractivity contribution >= 4 is 23.1 Å². The molecule has 2 rings (SSSR count). The van der Waals surface area contributed by atoms with E-state index in [-0.39, 0.29) is 5.69 Å². The lowest BCUT2D eigenvalue weighted by Crippen LogP contribution is -2.10. The van der Waals surface area contributed by atoms with Gasteiger partial charge in [0.2, 0.25) is 0 Å². The Morgan fingerprint density at radius 2 is 2.21 bits per heavy atom. The van der Waals surface area contributed by atoms with Crippen LogP contribution < -0.4 is 5.73 Å². The molecule has 2 N–H and O–H groups in total. The number of anilines is 1. The second kappa shape index (κ2) is 5.40. The fraction of sp³-hybridized carbons (Fsp3) is 0.417. The van der Waals surface area contributed by atoms with Crippen LogP contribution in [0.4, 0.5) is 5.82 Å². The number of nitrogens with zero attached hydrogens (tertiary/aromatic N) is 3. The maximum Gasteiger partial charge on any atom is 0.360 e. The third-order valence-electron chi connectivity index (χ3n) is 2.79. The van der Waals surface area contributed by atoms with E-state index in [1.807, 2.05) is 23.8 Å². The maximum atomic E-state index is 11.5. The average molecular weight is 280 g/mol. The lowest BCUT2D eigenvalue weighted by Gasteiger charge is -2.06. The summed E-state index contributed by atoms with van der Waals surface area (Å²) in [6, 6.07) is 0. The van der Waals surface area contributed by atoms with E-state index in [9.17, 15) is 4.79 Å². The second-order valence-corrected chi connectivity index (χ2v) is 5.11. The highest BCUT2D eigenvalue weighted by atomic mass is 32.1. The van der Waals surface area contributed by atoms with Crippen LogP contribution in [0.15, 0.2) is 5.38 Å². The molecule has 6 nitrogen and oxygen atoms in total. The Labute approximate surface area is 115 Å².